The quantitative estimate of drug-likeness (QED) is 0.425. The monoisotopic (exact) mass is 215 g/mol. The van der Waals surface area contributed by atoms with Crippen molar-refractivity contribution in [2.75, 3.05) is 14.1 Å². The Labute approximate surface area is 88.9 Å². The maximum absolute atomic E-state index is 11.7. The maximum atomic E-state index is 11.7. The van der Waals surface area contributed by atoms with Crippen LogP contribution < -0.4 is 10.9 Å². The van der Waals surface area contributed by atoms with Crippen LogP contribution in [0.15, 0.2) is 11.6 Å². The van der Waals surface area contributed by atoms with Gasteiger partial charge in [0, 0.05) is 25.7 Å². The van der Waals surface area contributed by atoms with E-state index in [4.69, 9.17) is 5.11 Å². The van der Waals surface area contributed by atoms with E-state index in [1.807, 2.05) is 6.92 Å². The molecule has 3 N–H and O–H groups in total. The molecule has 0 saturated carbocycles. The predicted octanol–water partition coefficient (Wildman–Crippen LogP) is -0.105. The average molecular weight is 215 g/mol. The minimum absolute atomic E-state index is 0.258. The van der Waals surface area contributed by atoms with Gasteiger partial charge in [-0.1, -0.05) is 13.3 Å². The smallest absolute Gasteiger partial charge is 0.328 e. The summed E-state index contributed by atoms with van der Waals surface area (Å²) in [7, 11) is 3.14. The molecule has 0 fully saturated rings. The highest BCUT2D eigenvalue weighted by Crippen LogP contribution is 2.07. The van der Waals surface area contributed by atoms with Gasteiger partial charge in [-0.2, -0.15) is 0 Å². The summed E-state index contributed by atoms with van der Waals surface area (Å²) in [4.78, 5) is 22.2. The Morgan fingerprint density at radius 1 is 1.33 bits per heavy atom. The second kappa shape index (κ2) is 6.97. The van der Waals surface area contributed by atoms with Crippen LogP contribution in [0.3, 0.4) is 0 Å². The number of carboxylic acid groups (broad SMARTS) is 1. The Kier molecular flexibility index (Phi) is 6.32. The summed E-state index contributed by atoms with van der Waals surface area (Å²) >= 11 is 0. The summed E-state index contributed by atoms with van der Waals surface area (Å²) in [6, 6.07) is 0. The second-order valence-corrected chi connectivity index (χ2v) is 2.85. The molecule has 1 amide bonds. The maximum Gasteiger partial charge on any atom is 0.328 e. The lowest BCUT2D eigenvalue weighted by Gasteiger charge is -2.20. The third kappa shape index (κ3) is 4.57. The zero-order valence-electron chi connectivity index (χ0n) is 9.20. The van der Waals surface area contributed by atoms with Crippen LogP contribution in [-0.2, 0) is 9.59 Å². The lowest BCUT2D eigenvalue weighted by Crippen LogP contribution is -2.49. The van der Waals surface area contributed by atoms with Gasteiger partial charge in [0.15, 0.2) is 0 Å². The summed E-state index contributed by atoms with van der Waals surface area (Å²) in [5, 5.41) is 9.73. The molecular weight excluding hydrogens is 198 g/mol. The Bertz CT molecular complexity index is 259. The van der Waals surface area contributed by atoms with Crippen LogP contribution in [0.25, 0.3) is 0 Å². The first kappa shape index (κ1) is 13.6. The van der Waals surface area contributed by atoms with Crippen LogP contribution in [0.4, 0.5) is 0 Å². The van der Waals surface area contributed by atoms with E-state index in [-0.39, 0.29) is 11.5 Å². The molecule has 0 atom stereocenters. The standard InChI is InChI=1S/C9H17N3O3/c1-4-5-7(6-8(13)14)9(15)12(10-2)11-3/h6,10-11H,4-5H2,1-3H3,(H,13,14)/b7-6-. The highest BCUT2D eigenvalue weighted by atomic mass is 16.4. The topological polar surface area (TPSA) is 81.7 Å². The Balaban J connectivity index is 4.76. The molecule has 86 valence electrons. The van der Waals surface area contributed by atoms with Crippen LogP contribution in [0.2, 0.25) is 0 Å². The van der Waals surface area contributed by atoms with E-state index in [2.05, 4.69) is 10.9 Å². The summed E-state index contributed by atoms with van der Waals surface area (Å²) in [5.41, 5.74) is 5.46. The van der Waals surface area contributed by atoms with Crippen molar-refractivity contribution in [1.29, 1.82) is 0 Å². The largest absolute Gasteiger partial charge is 0.478 e. The molecule has 15 heavy (non-hydrogen) atoms. The highest BCUT2D eigenvalue weighted by Gasteiger charge is 2.16. The molecule has 0 spiro atoms. The van der Waals surface area contributed by atoms with Gasteiger partial charge in [-0.3, -0.25) is 4.79 Å². The molecule has 0 unspecified atom stereocenters. The number of nitrogens with zero attached hydrogens (tertiary/aromatic N) is 1. The minimum Gasteiger partial charge on any atom is -0.478 e. The molecule has 0 aromatic carbocycles. The van der Waals surface area contributed by atoms with E-state index in [9.17, 15) is 9.59 Å². The van der Waals surface area contributed by atoms with Gasteiger partial charge >= 0.3 is 5.97 Å². The zero-order chi connectivity index (χ0) is 11.8. The number of hydrogen-bond acceptors (Lipinski definition) is 4. The number of aliphatic carboxylic acids is 1. The highest BCUT2D eigenvalue weighted by molar-refractivity contribution is 5.98. The first-order valence-corrected chi connectivity index (χ1v) is 4.69. The molecule has 0 heterocycles. The van der Waals surface area contributed by atoms with Gasteiger partial charge in [0.05, 0.1) is 0 Å². The zero-order valence-corrected chi connectivity index (χ0v) is 9.20. The molecule has 0 rings (SSSR count). The van der Waals surface area contributed by atoms with Crippen molar-refractivity contribution in [3.63, 3.8) is 0 Å². The van der Waals surface area contributed by atoms with Gasteiger partial charge in [0.1, 0.15) is 0 Å². The lowest BCUT2D eigenvalue weighted by molar-refractivity contribution is -0.135. The molecule has 0 aliphatic carbocycles. The van der Waals surface area contributed by atoms with Crippen LogP contribution in [-0.4, -0.2) is 36.2 Å². The second-order valence-electron chi connectivity index (χ2n) is 2.85. The number of amides is 1. The molecule has 0 saturated heterocycles. The van der Waals surface area contributed by atoms with Crippen molar-refractivity contribution < 1.29 is 14.7 Å². The number of carbonyl (C=O) groups is 2. The number of carbonyl (C=O) groups excluding carboxylic acids is 1. The van der Waals surface area contributed by atoms with E-state index in [0.29, 0.717) is 12.8 Å². The molecule has 6 nitrogen and oxygen atoms in total. The fourth-order valence-electron chi connectivity index (χ4n) is 1.12. The number of nitrogens with one attached hydrogen (secondary N) is 2. The Hall–Kier alpha value is -1.40. The lowest BCUT2D eigenvalue weighted by atomic mass is 10.1. The molecule has 0 aromatic heterocycles. The van der Waals surface area contributed by atoms with E-state index in [0.717, 1.165) is 11.2 Å². The normalized spacial score (nSPS) is 11.3. The fourth-order valence-corrected chi connectivity index (χ4v) is 1.12. The first-order chi connectivity index (χ1) is 7.06. The van der Waals surface area contributed by atoms with Gasteiger partial charge in [-0.25, -0.2) is 20.8 Å². The van der Waals surface area contributed by atoms with Crippen LogP contribution in [0.1, 0.15) is 19.8 Å². The van der Waals surface area contributed by atoms with Crippen LogP contribution in [0.5, 0.6) is 0 Å². The molecule has 0 bridgehead atoms. The summed E-state index contributed by atoms with van der Waals surface area (Å²) in [6.07, 6.45) is 2.09. The molecule has 0 aliphatic rings. The summed E-state index contributed by atoms with van der Waals surface area (Å²) in [6.45, 7) is 1.88. The van der Waals surface area contributed by atoms with Gasteiger partial charge in [0.25, 0.3) is 5.91 Å². The average Bonchev–Trinajstić information content (AvgIpc) is 2.18. The number of carboxylic acids is 1. The summed E-state index contributed by atoms with van der Waals surface area (Å²) in [5.74, 6) is -1.50. The molecular formula is C9H17N3O3. The molecule has 0 aliphatic heterocycles. The van der Waals surface area contributed by atoms with E-state index >= 15 is 0 Å². The van der Waals surface area contributed by atoms with Gasteiger partial charge in [-0.15, -0.1) is 0 Å². The minimum atomic E-state index is -1.11. The van der Waals surface area contributed by atoms with Gasteiger partial charge in [0.2, 0.25) is 0 Å². The van der Waals surface area contributed by atoms with Crippen molar-refractivity contribution in [3.05, 3.63) is 11.6 Å². The van der Waals surface area contributed by atoms with E-state index in [1.165, 1.54) is 0 Å². The molecule has 0 radical (unpaired) electrons. The SMILES string of the molecule is CCC/C(=C/C(=O)O)C(=O)N(NC)NC. The number of rotatable bonds is 6. The number of hydrazine groups is 2. The van der Waals surface area contributed by atoms with Crippen molar-refractivity contribution in [2.24, 2.45) is 0 Å². The number of hydrogen-bond donors (Lipinski definition) is 3. The Morgan fingerprint density at radius 2 is 1.87 bits per heavy atom. The van der Waals surface area contributed by atoms with Crippen molar-refractivity contribution in [2.45, 2.75) is 19.8 Å². The third-order valence-electron chi connectivity index (χ3n) is 1.74. The van der Waals surface area contributed by atoms with Crippen LogP contribution in [0, 0.1) is 0 Å². The van der Waals surface area contributed by atoms with Crippen molar-refractivity contribution >= 4 is 11.9 Å². The first-order valence-electron chi connectivity index (χ1n) is 4.69. The predicted molar refractivity (Wildman–Crippen MR) is 55.6 cm³/mol. The van der Waals surface area contributed by atoms with Crippen molar-refractivity contribution in [1.82, 2.24) is 16.0 Å². The van der Waals surface area contributed by atoms with Crippen molar-refractivity contribution in [3.8, 4) is 0 Å². The summed E-state index contributed by atoms with van der Waals surface area (Å²) < 4.78 is 0. The van der Waals surface area contributed by atoms with Gasteiger partial charge < -0.3 is 5.11 Å². The fraction of sp³-hybridized carbons (Fsp3) is 0.556. The van der Waals surface area contributed by atoms with E-state index < -0.39 is 5.97 Å². The molecule has 6 heteroatoms. The van der Waals surface area contributed by atoms with Gasteiger partial charge in [-0.05, 0) is 6.42 Å². The third-order valence-corrected chi connectivity index (χ3v) is 1.74. The Morgan fingerprint density at radius 3 is 2.20 bits per heavy atom. The van der Waals surface area contributed by atoms with E-state index in [1.54, 1.807) is 14.1 Å². The molecule has 0 aromatic rings. The van der Waals surface area contributed by atoms with Crippen LogP contribution >= 0.6 is 0 Å².